The number of quaternary nitrogens is 1. The van der Waals surface area contributed by atoms with Crippen LogP contribution in [0.5, 0.6) is 0 Å². The van der Waals surface area contributed by atoms with E-state index in [0.29, 0.717) is 22.8 Å². The molecule has 0 aromatic carbocycles. The zero-order valence-corrected chi connectivity index (χ0v) is 14.2. The fourth-order valence-electron chi connectivity index (χ4n) is 2.77. The first-order valence-corrected chi connectivity index (χ1v) is 7.97. The minimum atomic E-state index is -4.52. The number of allylic oxidation sites excluding steroid dienone is 1. The Kier molecular flexibility index (Phi) is 3.38. The van der Waals surface area contributed by atoms with Crippen molar-refractivity contribution in [2.75, 3.05) is 6.54 Å². The maximum atomic E-state index is 12.9. The molecule has 0 fully saturated rings. The molecule has 7 nitrogen and oxygen atoms in total. The number of amidine groups is 1. The quantitative estimate of drug-likeness (QED) is 0.515. The molecule has 0 N–H and O–H groups in total. The lowest BCUT2D eigenvalue weighted by molar-refractivity contribution is -0.595. The molecule has 0 spiro atoms. The van der Waals surface area contributed by atoms with E-state index in [1.807, 2.05) is 4.90 Å². The van der Waals surface area contributed by atoms with Crippen LogP contribution in [0.15, 0.2) is 33.9 Å². The van der Waals surface area contributed by atoms with Gasteiger partial charge in [-0.25, -0.2) is 0 Å². The first-order valence-electron chi connectivity index (χ1n) is 6.84. The molecular formula is C12H9BrClF3N7+. The van der Waals surface area contributed by atoms with Crippen molar-refractivity contribution in [1.82, 2.24) is 19.7 Å². The van der Waals surface area contributed by atoms with Gasteiger partial charge in [-0.3, -0.25) is 4.99 Å². The Bertz CT molecular complexity index is 840. The fourth-order valence-corrected chi connectivity index (χ4v) is 3.46. The van der Waals surface area contributed by atoms with Crippen LogP contribution in [0, 0.1) is 0 Å². The predicted octanol–water partition coefficient (Wildman–Crippen LogP) is 2.57. The average molecular weight is 424 g/mol. The highest BCUT2D eigenvalue weighted by molar-refractivity contribution is 9.18. The third kappa shape index (κ3) is 2.22. The maximum absolute atomic E-state index is 12.9. The van der Waals surface area contributed by atoms with Gasteiger partial charge in [0.2, 0.25) is 17.3 Å². The fraction of sp³-hybridized carbons (Fsp3) is 0.333. The highest BCUT2D eigenvalue weighted by Gasteiger charge is 2.47. The molecule has 1 atom stereocenters. The number of rotatable bonds is 1. The van der Waals surface area contributed by atoms with Gasteiger partial charge in [-0.2, -0.15) is 18.2 Å². The molecule has 3 aliphatic rings. The minimum absolute atomic E-state index is 0.108. The van der Waals surface area contributed by atoms with Crippen molar-refractivity contribution in [2.24, 2.45) is 9.98 Å². The summed E-state index contributed by atoms with van der Waals surface area (Å²) in [5.74, 6) is -0.195. The third-order valence-corrected chi connectivity index (χ3v) is 5.30. The Labute approximate surface area is 147 Å². The van der Waals surface area contributed by atoms with Crippen molar-refractivity contribution in [2.45, 2.75) is 19.3 Å². The van der Waals surface area contributed by atoms with E-state index < -0.39 is 12.0 Å². The Hall–Kier alpha value is -1.72. The normalized spacial score (nSPS) is 25.9. The summed E-state index contributed by atoms with van der Waals surface area (Å²) in [5, 5.41) is 6.94. The molecule has 3 aliphatic heterocycles. The van der Waals surface area contributed by atoms with E-state index in [2.05, 4.69) is 36.1 Å². The topological polar surface area (TPSA) is 58.7 Å². The van der Waals surface area contributed by atoms with Crippen molar-refractivity contribution in [3.63, 3.8) is 0 Å². The van der Waals surface area contributed by atoms with Gasteiger partial charge in [0, 0.05) is 29.0 Å². The number of aromatic nitrogens is 3. The van der Waals surface area contributed by atoms with Gasteiger partial charge < -0.3 is 9.47 Å². The van der Waals surface area contributed by atoms with E-state index in [4.69, 9.17) is 11.8 Å². The molecule has 0 aliphatic carbocycles. The van der Waals surface area contributed by atoms with Crippen LogP contribution in [0.4, 0.5) is 13.2 Å². The van der Waals surface area contributed by atoms with Crippen LogP contribution in [0.1, 0.15) is 11.6 Å². The van der Waals surface area contributed by atoms with E-state index in [1.54, 1.807) is 18.6 Å². The monoisotopic (exact) mass is 422 g/mol. The second-order valence-corrected chi connectivity index (χ2v) is 6.56. The van der Waals surface area contributed by atoms with Gasteiger partial charge in [-0.05, 0) is 0 Å². The third-order valence-electron chi connectivity index (χ3n) is 3.91. The van der Waals surface area contributed by atoms with Crippen LogP contribution in [0.3, 0.4) is 0 Å². The molecule has 1 aromatic heterocycles. The standard InChI is InChI=1S/C12H9BrClF3N7/c13-11-19-9(7-5-18-1-4-24(7,11)14)22-2-3-23-8(6-22)20-21-10(23)12(15,16)17/h1,4-5H,2-3,6H2/q+1. The van der Waals surface area contributed by atoms with Gasteiger partial charge in [0.1, 0.15) is 6.20 Å². The maximum Gasteiger partial charge on any atom is 0.451 e. The van der Waals surface area contributed by atoms with Gasteiger partial charge in [-0.1, -0.05) is 0 Å². The van der Waals surface area contributed by atoms with E-state index in [1.165, 1.54) is 0 Å². The largest absolute Gasteiger partial charge is 0.451 e. The SMILES string of the molecule is FC(F)(F)c1nnc2n1CCN(C1=C3C=NC=C[N+]3(Cl)C(Br)=N1)C2. The van der Waals surface area contributed by atoms with Crippen LogP contribution in [0.25, 0.3) is 0 Å². The van der Waals surface area contributed by atoms with Crippen molar-refractivity contribution in [1.29, 1.82) is 0 Å². The average Bonchev–Trinajstić information content (AvgIpc) is 3.06. The first-order chi connectivity index (χ1) is 11.3. The zero-order valence-electron chi connectivity index (χ0n) is 11.9. The summed E-state index contributed by atoms with van der Waals surface area (Å²) >= 11 is 9.85. The lowest BCUT2D eigenvalue weighted by Gasteiger charge is -2.29. The smallest absolute Gasteiger partial charge is 0.342 e. The van der Waals surface area contributed by atoms with Crippen molar-refractivity contribution >= 4 is 38.7 Å². The molecule has 0 saturated heterocycles. The second-order valence-electron chi connectivity index (χ2n) is 5.31. The highest BCUT2D eigenvalue weighted by atomic mass is 79.9. The molecule has 0 radical (unpaired) electrons. The van der Waals surface area contributed by atoms with Crippen LogP contribution >= 0.6 is 27.7 Å². The molecular weight excluding hydrogens is 415 g/mol. The Morgan fingerprint density at radius 3 is 2.79 bits per heavy atom. The van der Waals surface area contributed by atoms with Gasteiger partial charge in [-0.15, -0.1) is 14.2 Å². The molecule has 4 heterocycles. The summed E-state index contributed by atoms with van der Waals surface area (Å²) in [4.78, 5) is 10.3. The molecule has 1 unspecified atom stereocenters. The molecule has 4 rings (SSSR count). The lowest BCUT2D eigenvalue weighted by Crippen LogP contribution is -2.37. The van der Waals surface area contributed by atoms with Crippen LogP contribution in [0.2, 0.25) is 0 Å². The summed E-state index contributed by atoms with van der Waals surface area (Å²) in [6.07, 6.45) is 0.262. The number of hydrogen-bond acceptors (Lipinski definition) is 5. The zero-order chi connectivity index (χ0) is 17.1. The molecule has 0 saturated carbocycles. The van der Waals surface area contributed by atoms with E-state index in [-0.39, 0.29) is 22.9 Å². The van der Waals surface area contributed by atoms with Gasteiger partial charge in [0.25, 0.3) is 0 Å². The van der Waals surface area contributed by atoms with Gasteiger partial charge in [0.15, 0.2) is 17.6 Å². The molecule has 24 heavy (non-hydrogen) atoms. The van der Waals surface area contributed by atoms with E-state index in [9.17, 15) is 13.2 Å². The summed E-state index contributed by atoms with van der Waals surface area (Å²) in [5.41, 5.74) is 0.620. The first kappa shape index (κ1) is 15.8. The van der Waals surface area contributed by atoms with Crippen LogP contribution in [-0.2, 0) is 19.3 Å². The molecule has 0 bridgehead atoms. The Morgan fingerprint density at radius 1 is 1.25 bits per heavy atom. The summed E-state index contributed by atoms with van der Waals surface area (Å²) < 4.78 is 40.1. The number of halogens is 5. The number of alkyl halides is 3. The number of nitrogens with zero attached hydrogens (tertiary/aromatic N) is 7. The number of fused-ring (bicyclic) bond motifs is 2. The van der Waals surface area contributed by atoms with Crippen molar-refractivity contribution in [3.8, 4) is 0 Å². The van der Waals surface area contributed by atoms with Gasteiger partial charge >= 0.3 is 10.9 Å². The van der Waals surface area contributed by atoms with Gasteiger partial charge in [0.05, 0.1) is 19.0 Å². The highest BCUT2D eigenvalue weighted by Crippen LogP contribution is 2.39. The van der Waals surface area contributed by atoms with Crippen LogP contribution < -0.4 is 0 Å². The van der Waals surface area contributed by atoms with E-state index >= 15 is 0 Å². The molecule has 12 heteroatoms. The summed E-state index contributed by atoms with van der Waals surface area (Å²) in [7, 11) is 0. The number of hydrogen-bond donors (Lipinski definition) is 0. The Balaban J connectivity index is 1.69. The minimum Gasteiger partial charge on any atom is -0.342 e. The van der Waals surface area contributed by atoms with Crippen molar-refractivity contribution in [3.05, 3.63) is 35.6 Å². The summed E-state index contributed by atoms with van der Waals surface area (Å²) in [6, 6.07) is 0. The van der Waals surface area contributed by atoms with Crippen molar-refractivity contribution < 1.29 is 17.2 Å². The predicted molar refractivity (Wildman–Crippen MR) is 82.6 cm³/mol. The lowest BCUT2D eigenvalue weighted by atomic mass is 10.3. The van der Waals surface area contributed by atoms with E-state index in [0.717, 1.165) is 4.57 Å². The number of aliphatic imine (C=N–C) groups is 2. The molecule has 1 aromatic rings. The second kappa shape index (κ2) is 5.14. The molecule has 126 valence electrons. The Morgan fingerprint density at radius 2 is 2.04 bits per heavy atom. The summed E-state index contributed by atoms with van der Waals surface area (Å²) in [6.45, 7) is 0.585. The van der Waals surface area contributed by atoms with Crippen LogP contribution in [-0.4, -0.2) is 41.2 Å². The molecule has 0 amide bonds.